The van der Waals surface area contributed by atoms with Crippen molar-refractivity contribution in [3.63, 3.8) is 0 Å². The van der Waals surface area contributed by atoms with E-state index in [0.29, 0.717) is 6.42 Å². The minimum atomic E-state index is -0.669. The molecule has 0 aromatic rings. The molecule has 0 atom stereocenters. The number of rotatable bonds is 1. The molecule has 0 heterocycles. The lowest BCUT2D eigenvalue weighted by Crippen LogP contribution is -2.21. The number of amides is 1. The number of hydrogen-bond acceptors (Lipinski definition) is 2. The molecule has 1 aliphatic carbocycles. The van der Waals surface area contributed by atoms with Crippen LogP contribution in [0.1, 0.15) is 12.8 Å². The fourth-order valence-electron chi connectivity index (χ4n) is 0.967. The normalized spacial score (nSPS) is 18.1. The second-order valence-corrected chi connectivity index (χ2v) is 2.34. The molecule has 0 unspecified atom stereocenters. The molecule has 1 amide bonds. The molecule has 0 aromatic heterocycles. The molecule has 0 fully saturated rings. The van der Waals surface area contributed by atoms with Crippen molar-refractivity contribution in [2.75, 3.05) is 0 Å². The van der Waals surface area contributed by atoms with E-state index >= 15 is 0 Å². The van der Waals surface area contributed by atoms with Crippen molar-refractivity contribution in [1.82, 2.24) is 0 Å². The van der Waals surface area contributed by atoms with Gasteiger partial charge in [0.25, 0.3) is 5.91 Å². The lowest BCUT2D eigenvalue weighted by Gasteiger charge is -2.10. The Morgan fingerprint density at radius 2 is 2.27 bits per heavy atom. The summed E-state index contributed by atoms with van der Waals surface area (Å²) in [7, 11) is 0. The van der Waals surface area contributed by atoms with Crippen LogP contribution in [0, 0.1) is 0 Å². The molecule has 0 bridgehead atoms. The zero-order chi connectivity index (χ0) is 8.43. The summed E-state index contributed by atoms with van der Waals surface area (Å²) in [5.41, 5.74) is 10.2. The Bertz CT molecular complexity index is 255. The Kier molecular flexibility index (Phi) is 1.94. The van der Waals surface area contributed by atoms with Gasteiger partial charge in [-0.15, -0.1) is 0 Å². The van der Waals surface area contributed by atoms with Gasteiger partial charge >= 0.3 is 0 Å². The van der Waals surface area contributed by atoms with E-state index in [-0.39, 0.29) is 17.7 Å². The second-order valence-electron chi connectivity index (χ2n) is 2.34. The SMILES string of the molecule is NC(=O)C1=CCCC(F)=C1N. The number of primary amides is 1. The van der Waals surface area contributed by atoms with Gasteiger partial charge in [-0.25, -0.2) is 4.39 Å². The number of allylic oxidation sites excluding steroid dienone is 2. The molecule has 0 radical (unpaired) electrons. The van der Waals surface area contributed by atoms with Crippen LogP contribution in [0.2, 0.25) is 0 Å². The van der Waals surface area contributed by atoms with Crippen molar-refractivity contribution in [1.29, 1.82) is 0 Å². The lowest BCUT2D eigenvalue weighted by atomic mass is 10.0. The van der Waals surface area contributed by atoms with Gasteiger partial charge in [0.1, 0.15) is 5.83 Å². The van der Waals surface area contributed by atoms with Crippen LogP contribution < -0.4 is 11.5 Å². The molecule has 3 nitrogen and oxygen atoms in total. The van der Waals surface area contributed by atoms with Crippen molar-refractivity contribution < 1.29 is 9.18 Å². The molecular weight excluding hydrogens is 147 g/mol. The summed E-state index contributed by atoms with van der Waals surface area (Å²) < 4.78 is 12.7. The molecule has 0 aliphatic heterocycles. The summed E-state index contributed by atoms with van der Waals surface area (Å²) in [4.78, 5) is 10.6. The fraction of sp³-hybridized carbons (Fsp3) is 0.286. The average Bonchev–Trinajstić information content (AvgIpc) is 1.94. The molecule has 60 valence electrons. The Balaban J connectivity index is 2.98. The van der Waals surface area contributed by atoms with Crippen LogP contribution in [0.5, 0.6) is 0 Å². The van der Waals surface area contributed by atoms with Crippen LogP contribution in [0.3, 0.4) is 0 Å². The predicted molar refractivity (Wildman–Crippen MR) is 38.8 cm³/mol. The van der Waals surface area contributed by atoms with Gasteiger partial charge in [0.15, 0.2) is 0 Å². The van der Waals surface area contributed by atoms with Crippen LogP contribution in [0.15, 0.2) is 23.2 Å². The monoisotopic (exact) mass is 156 g/mol. The van der Waals surface area contributed by atoms with Crippen molar-refractivity contribution in [3.05, 3.63) is 23.2 Å². The van der Waals surface area contributed by atoms with Gasteiger partial charge in [0.2, 0.25) is 0 Å². The summed E-state index contributed by atoms with van der Waals surface area (Å²) in [5, 5.41) is 0. The summed E-state index contributed by atoms with van der Waals surface area (Å²) in [6.45, 7) is 0. The smallest absolute Gasteiger partial charge is 0.250 e. The van der Waals surface area contributed by atoms with E-state index in [1.165, 1.54) is 0 Å². The van der Waals surface area contributed by atoms with Crippen molar-refractivity contribution >= 4 is 5.91 Å². The lowest BCUT2D eigenvalue weighted by molar-refractivity contribution is -0.114. The van der Waals surface area contributed by atoms with Crippen LogP contribution in [-0.2, 0) is 4.79 Å². The van der Waals surface area contributed by atoms with Gasteiger partial charge in [0, 0.05) is 6.42 Å². The molecule has 4 N–H and O–H groups in total. The topological polar surface area (TPSA) is 69.1 Å². The first-order chi connectivity index (χ1) is 5.13. The second kappa shape index (κ2) is 2.74. The first-order valence-corrected chi connectivity index (χ1v) is 3.27. The highest BCUT2D eigenvalue weighted by Crippen LogP contribution is 2.21. The molecule has 0 saturated heterocycles. The summed E-state index contributed by atoms with van der Waals surface area (Å²) in [6.07, 6.45) is 2.31. The number of nitrogens with two attached hydrogens (primary N) is 2. The van der Waals surface area contributed by atoms with Gasteiger partial charge in [-0.1, -0.05) is 6.08 Å². The largest absolute Gasteiger partial charge is 0.396 e. The van der Waals surface area contributed by atoms with Crippen molar-refractivity contribution in [3.8, 4) is 0 Å². The van der Waals surface area contributed by atoms with E-state index in [2.05, 4.69) is 0 Å². The van der Waals surface area contributed by atoms with E-state index in [1.807, 2.05) is 0 Å². The molecule has 4 heteroatoms. The number of carbonyl (C=O) groups excluding carboxylic acids is 1. The highest BCUT2D eigenvalue weighted by molar-refractivity contribution is 5.96. The first kappa shape index (κ1) is 7.78. The van der Waals surface area contributed by atoms with Gasteiger partial charge in [-0.05, 0) is 6.42 Å². The van der Waals surface area contributed by atoms with Gasteiger partial charge in [-0.2, -0.15) is 0 Å². The standard InChI is InChI=1S/C7H9FN2O/c8-5-3-1-2-4(6(5)9)7(10)11/h2H,1,3,9H2,(H2,10,11). The van der Waals surface area contributed by atoms with E-state index in [9.17, 15) is 9.18 Å². The van der Waals surface area contributed by atoms with E-state index in [4.69, 9.17) is 11.5 Å². The number of halogens is 1. The van der Waals surface area contributed by atoms with Gasteiger partial charge < -0.3 is 11.5 Å². The van der Waals surface area contributed by atoms with Crippen molar-refractivity contribution in [2.45, 2.75) is 12.8 Å². The van der Waals surface area contributed by atoms with Gasteiger partial charge in [0.05, 0.1) is 11.3 Å². The Hall–Kier alpha value is -1.32. The number of hydrogen-bond donors (Lipinski definition) is 2. The maximum absolute atomic E-state index is 12.7. The first-order valence-electron chi connectivity index (χ1n) is 3.27. The average molecular weight is 156 g/mol. The zero-order valence-electron chi connectivity index (χ0n) is 5.93. The molecule has 0 spiro atoms. The summed E-state index contributed by atoms with van der Waals surface area (Å²) >= 11 is 0. The molecule has 0 saturated carbocycles. The molecule has 0 aromatic carbocycles. The van der Waals surface area contributed by atoms with Crippen LogP contribution in [0.4, 0.5) is 4.39 Å². The summed E-state index contributed by atoms with van der Waals surface area (Å²) in [5.74, 6) is -1.11. The third kappa shape index (κ3) is 1.39. The highest BCUT2D eigenvalue weighted by Gasteiger charge is 2.16. The van der Waals surface area contributed by atoms with Crippen molar-refractivity contribution in [2.24, 2.45) is 11.5 Å². The molecule has 11 heavy (non-hydrogen) atoms. The van der Waals surface area contributed by atoms with Crippen LogP contribution >= 0.6 is 0 Å². The Morgan fingerprint density at radius 1 is 1.64 bits per heavy atom. The van der Waals surface area contributed by atoms with E-state index in [1.54, 1.807) is 6.08 Å². The molecule has 1 rings (SSSR count). The van der Waals surface area contributed by atoms with Gasteiger partial charge in [-0.3, -0.25) is 4.79 Å². The molecule has 1 aliphatic rings. The minimum Gasteiger partial charge on any atom is -0.396 e. The quantitative estimate of drug-likeness (QED) is 0.574. The van der Waals surface area contributed by atoms with Crippen LogP contribution in [0.25, 0.3) is 0 Å². The Morgan fingerprint density at radius 3 is 2.73 bits per heavy atom. The number of carbonyl (C=O) groups is 1. The zero-order valence-corrected chi connectivity index (χ0v) is 5.93. The molecular formula is C7H9FN2O. The fourth-order valence-corrected chi connectivity index (χ4v) is 0.967. The van der Waals surface area contributed by atoms with E-state index < -0.39 is 11.7 Å². The Labute approximate surface area is 63.6 Å². The third-order valence-electron chi connectivity index (χ3n) is 1.56. The predicted octanol–water partition coefficient (Wildman–Crippen LogP) is 0.332. The minimum absolute atomic E-state index is 0.105. The van der Waals surface area contributed by atoms with E-state index in [0.717, 1.165) is 0 Å². The highest BCUT2D eigenvalue weighted by atomic mass is 19.1. The maximum atomic E-state index is 12.7. The van der Waals surface area contributed by atoms with Crippen LogP contribution in [-0.4, -0.2) is 5.91 Å². The maximum Gasteiger partial charge on any atom is 0.250 e. The third-order valence-corrected chi connectivity index (χ3v) is 1.56. The summed E-state index contributed by atoms with van der Waals surface area (Å²) in [6, 6.07) is 0.